The molecular formula is C26H20FN3O3S. The van der Waals surface area contributed by atoms with Crippen LogP contribution in [0.15, 0.2) is 93.4 Å². The lowest BCUT2D eigenvalue weighted by Gasteiger charge is -2.13. The zero-order valence-electron chi connectivity index (χ0n) is 18.3. The van der Waals surface area contributed by atoms with Crippen molar-refractivity contribution in [2.45, 2.75) is 17.5 Å². The van der Waals surface area contributed by atoms with Crippen LogP contribution in [0.25, 0.3) is 22.2 Å². The first-order valence-corrected chi connectivity index (χ1v) is 11.6. The van der Waals surface area contributed by atoms with Gasteiger partial charge in [-0.05, 0) is 54.1 Å². The molecule has 0 atom stereocenters. The molecule has 34 heavy (non-hydrogen) atoms. The van der Waals surface area contributed by atoms with E-state index in [2.05, 4.69) is 4.98 Å². The van der Waals surface area contributed by atoms with Gasteiger partial charge < -0.3 is 9.15 Å². The number of thioether (sulfide) groups is 1. The van der Waals surface area contributed by atoms with E-state index in [1.807, 2.05) is 42.5 Å². The van der Waals surface area contributed by atoms with Crippen molar-refractivity contribution in [1.29, 1.82) is 0 Å². The van der Waals surface area contributed by atoms with E-state index in [-0.39, 0.29) is 11.4 Å². The Morgan fingerprint density at radius 2 is 1.79 bits per heavy atom. The molecule has 0 saturated heterocycles. The lowest BCUT2D eigenvalue weighted by atomic mass is 10.2. The van der Waals surface area contributed by atoms with Gasteiger partial charge in [-0.1, -0.05) is 36.0 Å². The number of para-hydroxylation sites is 1. The number of ether oxygens (including phenoxy) is 1. The molecule has 8 heteroatoms. The van der Waals surface area contributed by atoms with Gasteiger partial charge in [0.05, 0.1) is 36.5 Å². The summed E-state index contributed by atoms with van der Waals surface area (Å²) in [6.45, 7) is 0.370. The largest absolute Gasteiger partial charge is 0.497 e. The van der Waals surface area contributed by atoms with Crippen LogP contribution in [0.5, 0.6) is 5.75 Å². The molecule has 3 aromatic carbocycles. The van der Waals surface area contributed by atoms with Crippen molar-refractivity contribution in [3.05, 3.63) is 107 Å². The van der Waals surface area contributed by atoms with Gasteiger partial charge in [-0.25, -0.2) is 14.4 Å². The molecule has 0 saturated carbocycles. The summed E-state index contributed by atoms with van der Waals surface area (Å²) in [6.07, 6.45) is 1.61. The van der Waals surface area contributed by atoms with E-state index in [1.54, 1.807) is 36.1 Å². The molecule has 0 aliphatic carbocycles. The van der Waals surface area contributed by atoms with Crippen LogP contribution in [0.2, 0.25) is 0 Å². The van der Waals surface area contributed by atoms with E-state index >= 15 is 0 Å². The number of benzene rings is 3. The Morgan fingerprint density at radius 3 is 2.56 bits per heavy atom. The third kappa shape index (κ3) is 4.58. The van der Waals surface area contributed by atoms with Crippen molar-refractivity contribution >= 4 is 22.7 Å². The van der Waals surface area contributed by atoms with Gasteiger partial charge in [-0.15, -0.1) is 0 Å². The second-order valence-corrected chi connectivity index (χ2v) is 8.51. The Balaban J connectivity index is 1.44. The van der Waals surface area contributed by atoms with Gasteiger partial charge in [0.25, 0.3) is 5.56 Å². The summed E-state index contributed by atoms with van der Waals surface area (Å²) in [7, 11) is 1.62. The van der Waals surface area contributed by atoms with E-state index < -0.39 is 0 Å². The van der Waals surface area contributed by atoms with E-state index in [4.69, 9.17) is 14.1 Å². The molecule has 0 fully saturated rings. The smallest absolute Gasteiger partial charge is 0.262 e. The monoisotopic (exact) mass is 473 g/mol. The molecule has 0 unspecified atom stereocenters. The number of nitrogens with zero attached hydrogens (tertiary/aromatic N) is 3. The van der Waals surface area contributed by atoms with Gasteiger partial charge in [0.15, 0.2) is 10.9 Å². The molecule has 0 radical (unpaired) electrons. The predicted molar refractivity (Wildman–Crippen MR) is 130 cm³/mol. The third-order valence-corrected chi connectivity index (χ3v) is 6.29. The normalized spacial score (nSPS) is 11.1. The maximum atomic E-state index is 13.3. The number of methoxy groups -OCH3 is 1. The number of rotatable bonds is 7. The molecule has 6 nitrogen and oxygen atoms in total. The van der Waals surface area contributed by atoms with Gasteiger partial charge in [-0.2, -0.15) is 0 Å². The Labute approximate surface area is 199 Å². The number of fused-ring (bicyclic) bond motifs is 1. The number of aromatic nitrogens is 3. The average Bonchev–Trinajstić information content (AvgIpc) is 3.34. The van der Waals surface area contributed by atoms with Crippen LogP contribution in [-0.4, -0.2) is 21.6 Å². The Morgan fingerprint density at radius 1 is 1.03 bits per heavy atom. The minimum Gasteiger partial charge on any atom is -0.497 e. The van der Waals surface area contributed by atoms with Crippen molar-refractivity contribution in [3.8, 4) is 17.1 Å². The SMILES string of the molecule is COc1ccc(Cn2c(SCc3ncc(-c4ccc(F)cc4)o3)nc3ccccc3c2=O)cc1. The van der Waals surface area contributed by atoms with Gasteiger partial charge in [0.2, 0.25) is 5.89 Å². The highest BCUT2D eigenvalue weighted by Gasteiger charge is 2.14. The fourth-order valence-corrected chi connectivity index (χ4v) is 4.41. The first kappa shape index (κ1) is 21.9. The molecule has 0 spiro atoms. The molecule has 0 aliphatic heterocycles. The Kier molecular flexibility index (Phi) is 6.14. The van der Waals surface area contributed by atoms with Crippen molar-refractivity contribution in [3.63, 3.8) is 0 Å². The lowest BCUT2D eigenvalue weighted by molar-refractivity contribution is 0.414. The topological polar surface area (TPSA) is 70.2 Å². The first-order chi connectivity index (χ1) is 16.6. The highest BCUT2D eigenvalue weighted by Crippen LogP contribution is 2.26. The number of oxazole rings is 1. The summed E-state index contributed by atoms with van der Waals surface area (Å²) in [5, 5.41) is 1.14. The van der Waals surface area contributed by atoms with Crippen molar-refractivity contribution < 1.29 is 13.5 Å². The zero-order chi connectivity index (χ0) is 23.5. The second kappa shape index (κ2) is 9.52. The Bertz CT molecular complexity index is 1500. The van der Waals surface area contributed by atoms with E-state index in [0.29, 0.717) is 40.0 Å². The van der Waals surface area contributed by atoms with Crippen LogP contribution in [0.1, 0.15) is 11.5 Å². The van der Waals surface area contributed by atoms with E-state index in [0.717, 1.165) is 16.9 Å². The zero-order valence-corrected chi connectivity index (χ0v) is 19.1. The number of hydrogen-bond acceptors (Lipinski definition) is 6. The Hall–Kier alpha value is -3.91. The highest BCUT2D eigenvalue weighted by atomic mass is 32.2. The molecule has 5 aromatic rings. The molecule has 0 aliphatic rings. The molecular weight excluding hydrogens is 453 g/mol. The van der Waals surface area contributed by atoms with Gasteiger partial charge in [0, 0.05) is 5.56 Å². The standard InChI is InChI=1S/C26H20FN3O3S/c1-32-20-12-6-17(7-13-20)15-30-25(31)21-4-2-3-5-22(21)29-26(30)34-16-24-28-14-23(33-24)18-8-10-19(27)11-9-18/h2-14H,15-16H2,1H3. The maximum Gasteiger partial charge on any atom is 0.262 e. The number of halogens is 1. The lowest BCUT2D eigenvalue weighted by Crippen LogP contribution is -2.24. The van der Waals surface area contributed by atoms with Crippen LogP contribution in [0.3, 0.4) is 0 Å². The van der Waals surface area contributed by atoms with Gasteiger partial charge in [0.1, 0.15) is 11.6 Å². The molecule has 5 rings (SSSR count). The summed E-state index contributed by atoms with van der Waals surface area (Å²) in [5.74, 6) is 1.87. The molecule has 2 heterocycles. The minimum absolute atomic E-state index is 0.108. The van der Waals surface area contributed by atoms with Gasteiger partial charge >= 0.3 is 0 Å². The summed E-state index contributed by atoms with van der Waals surface area (Å²) in [5.41, 5.74) is 2.23. The molecule has 0 bridgehead atoms. The highest BCUT2D eigenvalue weighted by molar-refractivity contribution is 7.98. The molecule has 0 N–H and O–H groups in total. The summed E-state index contributed by atoms with van der Waals surface area (Å²) in [4.78, 5) is 22.4. The quantitative estimate of drug-likeness (QED) is 0.228. The van der Waals surface area contributed by atoms with Crippen LogP contribution in [0, 0.1) is 5.82 Å². The predicted octanol–water partition coefficient (Wildman–Crippen LogP) is 5.54. The fraction of sp³-hybridized carbons (Fsp3) is 0.115. The van der Waals surface area contributed by atoms with E-state index in [9.17, 15) is 9.18 Å². The molecule has 2 aromatic heterocycles. The maximum absolute atomic E-state index is 13.3. The average molecular weight is 474 g/mol. The first-order valence-electron chi connectivity index (χ1n) is 10.6. The summed E-state index contributed by atoms with van der Waals surface area (Å²) in [6, 6.07) is 20.9. The number of hydrogen-bond donors (Lipinski definition) is 0. The van der Waals surface area contributed by atoms with Crippen molar-refractivity contribution in [2.24, 2.45) is 0 Å². The van der Waals surface area contributed by atoms with Gasteiger partial charge in [-0.3, -0.25) is 9.36 Å². The van der Waals surface area contributed by atoms with Crippen LogP contribution < -0.4 is 10.3 Å². The van der Waals surface area contributed by atoms with Crippen molar-refractivity contribution in [1.82, 2.24) is 14.5 Å². The summed E-state index contributed by atoms with van der Waals surface area (Å²) < 4.78 is 25.9. The van der Waals surface area contributed by atoms with Crippen molar-refractivity contribution in [2.75, 3.05) is 7.11 Å². The second-order valence-electron chi connectivity index (χ2n) is 7.56. The van der Waals surface area contributed by atoms with E-state index in [1.165, 1.54) is 23.9 Å². The van der Waals surface area contributed by atoms with Crippen LogP contribution in [0.4, 0.5) is 4.39 Å². The molecule has 0 amide bonds. The van der Waals surface area contributed by atoms with Crippen LogP contribution in [-0.2, 0) is 12.3 Å². The minimum atomic E-state index is -0.309. The fourth-order valence-electron chi connectivity index (χ4n) is 3.56. The molecule has 170 valence electrons. The summed E-state index contributed by atoms with van der Waals surface area (Å²) >= 11 is 1.38. The van der Waals surface area contributed by atoms with Crippen LogP contribution >= 0.6 is 11.8 Å². The third-order valence-electron chi connectivity index (χ3n) is 5.33.